The van der Waals surface area contributed by atoms with E-state index < -0.39 is 12.7 Å². The lowest BCUT2D eigenvalue weighted by Crippen LogP contribution is -2.44. The Morgan fingerprint density at radius 3 is 2.45 bits per heavy atom. The number of halogens is 3. The van der Waals surface area contributed by atoms with Gasteiger partial charge in [0.05, 0.1) is 6.54 Å². The number of hydrogen-bond acceptors (Lipinski definition) is 3. The quantitative estimate of drug-likeness (QED) is 0.700. The number of ether oxygens (including phenoxy) is 1. The maximum Gasteiger partial charge on any atom is 0.401 e. The van der Waals surface area contributed by atoms with Crippen LogP contribution in [-0.2, 0) is 9.53 Å². The van der Waals surface area contributed by atoms with E-state index in [4.69, 9.17) is 4.74 Å². The molecule has 0 aromatic carbocycles. The third kappa shape index (κ3) is 6.09. The van der Waals surface area contributed by atoms with E-state index in [9.17, 15) is 18.0 Å². The van der Waals surface area contributed by atoms with Gasteiger partial charge in [-0.25, -0.2) is 0 Å². The summed E-state index contributed by atoms with van der Waals surface area (Å²) in [5.74, 6) is -0.111. The van der Waals surface area contributed by atoms with Crippen LogP contribution in [0.15, 0.2) is 0 Å². The Balaban J connectivity index is 2.31. The van der Waals surface area contributed by atoms with Crippen molar-refractivity contribution in [3.63, 3.8) is 0 Å². The van der Waals surface area contributed by atoms with Crippen molar-refractivity contribution in [2.24, 2.45) is 5.92 Å². The number of rotatable bonds is 6. The fourth-order valence-corrected chi connectivity index (χ4v) is 2.46. The number of carbonyl (C=O) groups is 1. The van der Waals surface area contributed by atoms with Crippen LogP contribution in [-0.4, -0.2) is 68.8 Å². The minimum absolute atomic E-state index is 0.0350. The highest BCUT2D eigenvalue weighted by Gasteiger charge is 2.34. The van der Waals surface area contributed by atoms with E-state index in [2.05, 4.69) is 0 Å². The summed E-state index contributed by atoms with van der Waals surface area (Å²) >= 11 is 0. The van der Waals surface area contributed by atoms with E-state index in [0.717, 1.165) is 6.42 Å². The number of alkyl halides is 3. The van der Waals surface area contributed by atoms with Gasteiger partial charge in [0.2, 0.25) is 5.91 Å². The zero-order valence-corrected chi connectivity index (χ0v) is 12.1. The summed E-state index contributed by atoms with van der Waals surface area (Å²) in [4.78, 5) is 15.2. The molecule has 0 atom stereocenters. The van der Waals surface area contributed by atoms with Gasteiger partial charge in [0.15, 0.2) is 0 Å². The van der Waals surface area contributed by atoms with Crippen LogP contribution in [0.2, 0.25) is 0 Å². The van der Waals surface area contributed by atoms with E-state index in [1.54, 1.807) is 19.1 Å². The average Bonchev–Trinajstić information content (AvgIpc) is 2.37. The van der Waals surface area contributed by atoms with Gasteiger partial charge in [0, 0.05) is 33.2 Å². The highest BCUT2D eigenvalue weighted by Crippen LogP contribution is 2.23. The lowest BCUT2D eigenvalue weighted by molar-refractivity contribution is -0.150. The van der Waals surface area contributed by atoms with E-state index in [1.807, 2.05) is 0 Å². The average molecular weight is 296 g/mol. The van der Waals surface area contributed by atoms with Gasteiger partial charge in [0.25, 0.3) is 0 Å². The molecule has 0 aromatic rings. The number of nitrogens with zero attached hydrogens (tertiary/aromatic N) is 2. The second-order valence-corrected chi connectivity index (χ2v) is 5.27. The van der Waals surface area contributed by atoms with Gasteiger partial charge in [0.1, 0.15) is 0 Å². The normalized spacial score (nSPS) is 18.2. The molecule has 0 saturated carbocycles. The number of hydrogen-bond donors (Lipinski definition) is 0. The summed E-state index contributed by atoms with van der Waals surface area (Å²) in [6, 6.07) is 0. The first-order chi connectivity index (χ1) is 9.33. The van der Waals surface area contributed by atoms with Crippen LogP contribution in [0, 0.1) is 5.92 Å². The van der Waals surface area contributed by atoms with Gasteiger partial charge in [-0.05, 0) is 32.4 Å². The van der Waals surface area contributed by atoms with Gasteiger partial charge in [-0.15, -0.1) is 0 Å². The third-order valence-electron chi connectivity index (χ3n) is 3.56. The van der Waals surface area contributed by atoms with Crippen LogP contribution in [0.1, 0.15) is 19.3 Å². The summed E-state index contributed by atoms with van der Waals surface area (Å²) in [6.45, 7) is 1.01. The minimum atomic E-state index is -4.16. The number of piperidine rings is 1. The van der Waals surface area contributed by atoms with Crippen molar-refractivity contribution < 1.29 is 22.7 Å². The summed E-state index contributed by atoms with van der Waals surface area (Å²) in [5, 5.41) is 0. The molecular weight excluding hydrogens is 273 g/mol. The SMILES string of the molecule is COCCCN(C)C(=O)C1CCN(CC(F)(F)F)CC1. The molecule has 1 rings (SSSR count). The summed E-state index contributed by atoms with van der Waals surface area (Å²) < 4.78 is 41.7. The van der Waals surface area contributed by atoms with Crippen LogP contribution < -0.4 is 0 Å². The molecule has 0 radical (unpaired) electrons. The number of carbonyl (C=O) groups excluding carboxylic acids is 1. The van der Waals surface area contributed by atoms with Gasteiger partial charge < -0.3 is 9.64 Å². The Bertz CT molecular complexity index is 302. The molecule has 1 aliphatic rings. The predicted octanol–water partition coefficient (Wildman–Crippen LogP) is 1.76. The largest absolute Gasteiger partial charge is 0.401 e. The summed E-state index contributed by atoms with van der Waals surface area (Å²) in [7, 11) is 3.35. The number of likely N-dealkylation sites (tertiary alicyclic amines) is 1. The van der Waals surface area contributed by atoms with Crippen molar-refractivity contribution in [3.05, 3.63) is 0 Å². The van der Waals surface area contributed by atoms with Crippen LogP contribution in [0.5, 0.6) is 0 Å². The number of amides is 1. The molecule has 1 saturated heterocycles. The van der Waals surface area contributed by atoms with Crippen molar-refractivity contribution >= 4 is 5.91 Å². The Morgan fingerprint density at radius 2 is 1.95 bits per heavy atom. The van der Waals surface area contributed by atoms with E-state index in [1.165, 1.54) is 4.90 Å². The molecule has 0 spiro atoms. The maximum atomic E-state index is 12.3. The molecule has 20 heavy (non-hydrogen) atoms. The van der Waals surface area contributed by atoms with E-state index in [-0.39, 0.29) is 11.8 Å². The fourth-order valence-electron chi connectivity index (χ4n) is 2.46. The monoisotopic (exact) mass is 296 g/mol. The number of methoxy groups -OCH3 is 1. The highest BCUT2D eigenvalue weighted by molar-refractivity contribution is 5.78. The topological polar surface area (TPSA) is 32.8 Å². The second kappa shape index (κ2) is 7.83. The first-order valence-electron chi connectivity index (χ1n) is 6.86. The van der Waals surface area contributed by atoms with Crippen molar-refractivity contribution in [2.45, 2.75) is 25.4 Å². The van der Waals surface area contributed by atoms with Crippen molar-refractivity contribution in [2.75, 3.05) is 46.9 Å². The molecule has 0 aliphatic carbocycles. The molecule has 1 fully saturated rings. The van der Waals surface area contributed by atoms with Crippen molar-refractivity contribution in [1.29, 1.82) is 0 Å². The van der Waals surface area contributed by atoms with E-state index >= 15 is 0 Å². The molecule has 0 bridgehead atoms. The van der Waals surface area contributed by atoms with Crippen LogP contribution in [0.25, 0.3) is 0 Å². The summed E-state index contributed by atoms with van der Waals surface area (Å²) in [5.41, 5.74) is 0. The lowest BCUT2D eigenvalue weighted by Gasteiger charge is -2.33. The fraction of sp³-hybridized carbons (Fsp3) is 0.923. The Hall–Kier alpha value is -0.820. The maximum absolute atomic E-state index is 12.3. The van der Waals surface area contributed by atoms with Crippen LogP contribution in [0.3, 0.4) is 0 Å². The third-order valence-corrected chi connectivity index (χ3v) is 3.56. The molecule has 1 heterocycles. The van der Waals surface area contributed by atoms with Crippen molar-refractivity contribution in [3.8, 4) is 0 Å². The minimum Gasteiger partial charge on any atom is -0.385 e. The van der Waals surface area contributed by atoms with Crippen LogP contribution in [0.4, 0.5) is 13.2 Å². The summed E-state index contributed by atoms with van der Waals surface area (Å²) in [6.07, 6.45) is -2.38. The molecule has 7 heteroatoms. The first kappa shape index (κ1) is 17.2. The van der Waals surface area contributed by atoms with Gasteiger partial charge in [-0.1, -0.05) is 0 Å². The Labute approximate surface area is 117 Å². The predicted molar refractivity (Wildman–Crippen MR) is 69.3 cm³/mol. The van der Waals surface area contributed by atoms with Crippen LogP contribution >= 0.6 is 0 Å². The highest BCUT2D eigenvalue weighted by atomic mass is 19.4. The molecule has 118 valence electrons. The lowest BCUT2D eigenvalue weighted by atomic mass is 9.95. The van der Waals surface area contributed by atoms with Crippen molar-refractivity contribution in [1.82, 2.24) is 9.80 Å². The Morgan fingerprint density at radius 1 is 1.35 bits per heavy atom. The van der Waals surface area contributed by atoms with Gasteiger partial charge in [-0.3, -0.25) is 9.69 Å². The molecule has 0 N–H and O–H groups in total. The Kier molecular flexibility index (Phi) is 6.75. The molecular formula is C13H23F3N2O2. The standard InChI is InChI=1S/C13H23F3N2O2/c1-17(6-3-9-20-2)12(19)11-4-7-18(8-5-11)10-13(14,15)16/h11H,3-10H2,1-2H3. The van der Waals surface area contributed by atoms with E-state index in [0.29, 0.717) is 39.1 Å². The molecule has 1 amide bonds. The molecule has 0 aromatic heterocycles. The second-order valence-electron chi connectivity index (χ2n) is 5.27. The van der Waals surface area contributed by atoms with Gasteiger partial charge in [-0.2, -0.15) is 13.2 Å². The van der Waals surface area contributed by atoms with Gasteiger partial charge >= 0.3 is 6.18 Å². The zero-order chi connectivity index (χ0) is 15.2. The smallest absolute Gasteiger partial charge is 0.385 e. The first-order valence-corrected chi connectivity index (χ1v) is 6.86. The molecule has 0 unspecified atom stereocenters. The molecule has 4 nitrogen and oxygen atoms in total. The zero-order valence-electron chi connectivity index (χ0n) is 12.1. The molecule has 1 aliphatic heterocycles.